The average molecular weight is 222 g/mol. The molecule has 0 bridgehead atoms. The van der Waals surface area contributed by atoms with Gasteiger partial charge in [0.05, 0.1) is 12.7 Å². The molecule has 0 spiro atoms. The number of allylic oxidation sites excluding steroid dienone is 2. The lowest BCUT2D eigenvalue weighted by Gasteiger charge is -2.06. The van der Waals surface area contributed by atoms with Gasteiger partial charge in [0, 0.05) is 0 Å². The minimum absolute atomic E-state index is 0.0298. The van der Waals surface area contributed by atoms with Crippen LogP contribution >= 0.6 is 0 Å². The third-order valence-electron chi connectivity index (χ3n) is 2.47. The van der Waals surface area contributed by atoms with E-state index in [4.69, 9.17) is 0 Å². The van der Waals surface area contributed by atoms with Crippen LogP contribution in [0.15, 0.2) is 24.3 Å². The van der Waals surface area contributed by atoms with Crippen molar-refractivity contribution < 1.29 is 13.9 Å². The van der Waals surface area contributed by atoms with Crippen molar-refractivity contribution in [2.45, 2.75) is 20.3 Å². The summed E-state index contributed by atoms with van der Waals surface area (Å²) in [5.74, 6) is -1.19. The fourth-order valence-electron chi connectivity index (χ4n) is 1.57. The Morgan fingerprint density at radius 3 is 2.62 bits per heavy atom. The molecule has 0 saturated heterocycles. The molecule has 0 radical (unpaired) electrons. The Balaban J connectivity index is 3.13. The van der Waals surface area contributed by atoms with Gasteiger partial charge in [0.1, 0.15) is 5.82 Å². The number of esters is 1. The predicted octanol–water partition coefficient (Wildman–Crippen LogP) is 3.43. The molecule has 0 unspecified atom stereocenters. The van der Waals surface area contributed by atoms with Crippen LogP contribution in [0.25, 0.3) is 5.57 Å². The van der Waals surface area contributed by atoms with Gasteiger partial charge >= 0.3 is 5.97 Å². The van der Waals surface area contributed by atoms with Crippen LogP contribution in [0.2, 0.25) is 0 Å². The monoisotopic (exact) mass is 222 g/mol. The topological polar surface area (TPSA) is 26.3 Å². The highest BCUT2D eigenvalue weighted by molar-refractivity contribution is 5.90. The molecular weight excluding hydrogens is 207 g/mol. The first-order chi connectivity index (χ1) is 7.63. The van der Waals surface area contributed by atoms with Crippen molar-refractivity contribution in [3.8, 4) is 0 Å². The standard InChI is InChI=1S/C13H15FO2/c1-4-9(5-2)10-6-7-11(12(14)8-10)13(15)16-3/h4,6-8H,5H2,1-3H3/b9-4+. The molecule has 1 aromatic rings. The van der Waals surface area contributed by atoms with Gasteiger partial charge in [0.15, 0.2) is 0 Å². The van der Waals surface area contributed by atoms with Gasteiger partial charge in [-0.1, -0.05) is 19.1 Å². The molecule has 0 amide bonds. The summed E-state index contributed by atoms with van der Waals surface area (Å²) in [5, 5.41) is 0. The number of rotatable bonds is 3. The molecule has 1 aromatic carbocycles. The van der Waals surface area contributed by atoms with E-state index >= 15 is 0 Å². The van der Waals surface area contributed by atoms with Crippen LogP contribution in [0.3, 0.4) is 0 Å². The lowest BCUT2D eigenvalue weighted by molar-refractivity contribution is 0.0595. The van der Waals surface area contributed by atoms with Crippen molar-refractivity contribution in [2.75, 3.05) is 7.11 Å². The zero-order valence-corrected chi connectivity index (χ0v) is 9.71. The highest BCUT2D eigenvalue weighted by Crippen LogP contribution is 2.20. The third-order valence-corrected chi connectivity index (χ3v) is 2.47. The molecule has 0 saturated carbocycles. The van der Waals surface area contributed by atoms with Gasteiger partial charge in [-0.05, 0) is 36.6 Å². The van der Waals surface area contributed by atoms with E-state index in [-0.39, 0.29) is 5.56 Å². The van der Waals surface area contributed by atoms with Crippen LogP contribution < -0.4 is 0 Å². The normalized spacial score (nSPS) is 11.4. The molecule has 0 fully saturated rings. The fraction of sp³-hybridized carbons (Fsp3) is 0.308. The summed E-state index contributed by atoms with van der Waals surface area (Å²) < 4.78 is 18.1. The molecular formula is C13H15FO2. The Bertz CT molecular complexity index is 422. The number of ether oxygens (including phenoxy) is 1. The maximum atomic E-state index is 13.6. The van der Waals surface area contributed by atoms with Crippen molar-refractivity contribution in [1.29, 1.82) is 0 Å². The van der Waals surface area contributed by atoms with E-state index in [1.165, 1.54) is 19.2 Å². The van der Waals surface area contributed by atoms with Crippen molar-refractivity contribution in [1.82, 2.24) is 0 Å². The van der Waals surface area contributed by atoms with Gasteiger partial charge in [-0.3, -0.25) is 0 Å². The van der Waals surface area contributed by atoms with Crippen LogP contribution in [0.1, 0.15) is 36.2 Å². The van der Waals surface area contributed by atoms with Gasteiger partial charge in [-0.2, -0.15) is 0 Å². The summed E-state index contributed by atoms with van der Waals surface area (Å²) in [4.78, 5) is 11.2. The number of benzene rings is 1. The smallest absolute Gasteiger partial charge is 0.340 e. The number of hydrogen-bond acceptors (Lipinski definition) is 2. The molecule has 86 valence electrons. The van der Waals surface area contributed by atoms with Crippen LogP contribution in [0, 0.1) is 5.82 Å². The van der Waals surface area contributed by atoms with Gasteiger partial charge in [0.2, 0.25) is 0 Å². The molecule has 16 heavy (non-hydrogen) atoms. The Labute approximate surface area is 94.7 Å². The van der Waals surface area contributed by atoms with E-state index in [0.717, 1.165) is 17.6 Å². The number of hydrogen-bond donors (Lipinski definition) is 0. The average Bonchev–Trinajstić information content (AvgIpc) is 2.30. The van der Waals surface area contributed by atoms with Crippen LogP contribution in [0.4, 0.5) is 4.39 Å². The second-order valence-corrected chi connectivity index (χ2v) is 3.35. The highest BCUT2D eigenvalue weighted by Gasteiger charge is 2.12. The molecule has 0 aliphatic heterocycles. The van der Waals surface area contributed by atoms with Gasteiger partial charge in [-0.15, -0.1) is 0 Å². The summed E-state index contributed by atoms with van der Waals surface area (Å²) in [5.41, 5.74) is 1.82. The van der Waals surface area contributed by atoms with E-state index in [9.17, 15) is 9.18 Å². The maximum absolute atomic E-state index is 13.6. The second kappa shape index (κ2) is 5.45. The lowest BCUT2D eigenvalue weighted by atomic mass is 10.0. The van der Waals surface area contributed by atoms with Crippen molar-refractivity contribution in [3.05, 3.63) is 41.2 Å². The zero-order valence-electron chi connectivity index (χ0n) is 9.71. The first-order valence-electron chi connectivity index (χ1n) is 5.17. The van der Waals surface area contributed by atoms with Crippen molar-refractivity contribution in [2.24, 2.45) is 0 Å². The van der Waals surface area contributed by atoms with E-state index < -0.39 is 11.8 Å². The Hall–Kier alpha value is -1.64. The van der Waals surface area contributed by atoms with Gasteiger partial charge < -0.3 is 4.74 Å². The fourth-order valence-corrected chi connectivity index (χ4v) is 1.57. The highest BCUT2D eigenvalue weighted by atomic mass is 19.1. The first-order valence-corrected chi connectivity index (χ1v) is 5.17. The summed E-state index contributed by atoms with van der Waals surface area (Å²) in [6.45, 7) is 3.91. The number of carbonyl (C=O) groups is 1. The summed E-state index contributed by atoms with van der Waals surface area (Å²) in [6.07, 6.45) is 2.76. The molecule has 2 nitrogen and oxygen atoms in total. The van der Waals surface area contributed by atoms with Crippen LogP contribution in [0.5, 0.6) is 0 Å². The Morgan fingerprint density at radius 2 is 2.19 bits per heavy atom. The minimum atomic E-state index is -0.650. The summed E-state index contributed by atoms with van der Waals surface area (Å²) >= 11 is 0. The molecule has 0 aliphatic rings. The lowest BCUT2D eigenvalue weighted by Crippen LogP contribution is -2.04. The number of carbonyl (C=O) groups excluding carboxylic acids is 1. The molecule has 0 N–H and O–H groups in total. The minimum Gasteiger partial charge on any atom is -0.465 e. The number of methoxy groups -OCH3 is 1. The summed E-state index contributed by atoms with van der Waals surface area (Å²) in [6, 6.07) is 4.55. The van der Waals surface area contributed by atoms with Gasteiger partial charge in [0.25, 0.3) is 0 Å². The predicted molar refractivity (Wildman–Crippen MR) is 61.7 cm³/mol. The number of halogens is 1. The van der Waals surface area contributed by atoms with Crippen molar-refractivity contribution >= 4 is 11.5 Å². The molecule has 0 aliphatic carbocycles. The summed E-state index contributed by atoms with van der Waals surface area (Å²) in [7, 11) is 1.24. The largest absolute Gasteiger partial charge is 0.465 e. The van der Waals surface area contributed by atoms with E-state index in [0.29, 0.717) is 0 Å². The maximum Gasteiger partial charge on any atom is 0.340 e. The first kappa shape index (κ1) is 12.4. The van der Waals surface area contributed by atoms with Gasteiger partial charge in [-0.25, -0.2) is 9.18 Å². The van der Waals surface area contributed by atoms with Crippen LogP contribution in [-0.4, -0.2) is 13.1 Å². The quantitative estimate of drug-likeness (QED) is 0.732. The van der Waals surface area contributed by atoms with E-state index in [2.05, 4.69) is 4.74 Å². The molecule has 0 heterocycles. The van der Waals surface area contributed by atoms with Crippen molar-refractivity contribution in [3.63, 3.8) is 0 Å². The zero-order chi connectivity index (χ0) is 12.1. The molecule has 3 heteroatoms. The molecule has 0 aromatic heterocycles. The second-order valence-electron chi connectivity index (χ2n) is 3.35. The van der Waals surface area contributed by atoms with E-state index in [1.54, 1.807) is 6.07 Å². The third kappa shape index (κ3) is 2.48. The Kier molecular flexibility index (Phi) is 4.23. The SMILES string of the molecule is C/C=C(\CC)c1ccc(C(=O)OC)c(F)c1. The van der Waals surface area contributed by atoms with E-state index in [1.807, 2.05) is 19.9 Å². The van der Waals surface area contributed by atoms with Crippen LogP contribution in [-0.2, 0) is 4.74 Å². The Morgan fingerprint density at radius 1 is 1.50 bits per heavy atom. The molecule has 0 atom stereocenters. The molecule has 1 rings (SSSR count).